The smallest absolute Gasteiger partial charge is 0.143 e. The monoisotopic (exact) mass is 664 g/mol. The standard InChI is InChI=1S/C49H30O/c1-4-15-37-30(11-1)27-28-43-48-42(21-10-22-44(48)50-49(37)43)47-40-18-7-5-16-38(40)45(39-17-6-8-19-41(39)47)32-25-23-31(24-26-32)35-20-9-13-34-29-33-12-2-3-14-36(33)46(34)35/h1-28H,29H2/i1D,2D,3D,4D,5D,6D,7D,8D,9D,10D,11D,12D,13D,14D,15D,16D,17D,18D,19D,20D,21D,22D,23D,24D,25D,26D,27D,28D,29D2. The maximum absolute atomic E-state index is 9.73. The lowest BCUT2D eigenvalue weighted by Gasteiger charge is -2.18. The van der Waals surface area contributed by atoms with E-state index in [4.69, 9.17) is 31.8 Å². The highest BCUT2D eigenvalue weighted by atomic mass is 16.3. The van der Waals surface area contributed by atoms with Crippen LogP contribution in [0.2, 0.25) is 0 Å². The van der Waals surface area contributed by atoms with Crippen LogP contribution in [0, 0.1) is 0 Å². The van der Waals surface area contributed by atoms with Gasteiger partial charge in [-0.2, -0.15) is 0 Å². The van der Waals surface area contributed by atoms with Gasteiger partial charge in [0.1, 0.15) is 11.2 Å². The summed E-state index contributed by atoms with van der Waals surface area (Å²) in [7, 11) is 0. The first-order valence-corrected chi connectivity index (χ1v) is 14.9. The van der Waals surface area contributed by atoms with E-state index in [1.807, 2.05) is 0 Å². The van der Waals surface area contributed by atoms with E-state index in [1.54, 1.807) is 0 Å². The zero-order valence-electron chi connectivity index (χ0n) is 54.9. The van der Waals surface area contributed by atoms with Gasteiger partial charge in [-0.05, 0) is 101 Å². The Bertz CT molecular complexity index is 4600. The topological polar surface area (TPSA) is 13.1 Å². The van der Waals surface area contributed by atoms with Gasteiger partial charge in [-0.15, -0.1) is 0 Å². The van der Waals surface area contributed by atoms with E-state index in [1.165, 1.54) is 0 Å². The predicted molar refractivity (Wildman–Crippen MR) is 211 cm³/mol. The van der Waals surface area contributed by atoms with E-state index in [2.05, 4.69) is 0 Å². The Hall–Kier alpha value is -6.44. The van der Waals surface area contributed by atoms with E-state index in [-0.39, 0.29) is 0 Å². The summed E-state index contributed by atoms with van der Waals surface area (Å²) >= 11 is 0. The van der Waals surface area contributed by atoms with E-state index in [0.717, 1.165) is 0 Å². The first-order valence-electron chi connectivity index (χ1n) is 29.9. The lowest BCUT2D eigenvalue weighted by atomic mass is 9.84. The minimum Gasteiger partial charge on any atom is -0.455 e. The molecule has 1 aliphatic rings. The Morgan fingerprint density at radius 3 is 1.76 bits per heavy atom. The van der Waals surface area contributed by atoms with Crippen LogP contribution in [0.5, 0.6) is 0 Å². The van der Waals surface area contributed by atoms with Crippen LogP contribution < -0.4 is 0 Å². The summed E-state index contributed by atoms with van der Waals surface area (Å²) in [4.78, 5) is 0. The minimum atomic E-state index is -2.98. The minimum absolute atomic E-state index is 0.475. The van der Waals surface area contributed by atoms with Crippen LogP contribution in [-0.4, -0.2) is 0 Å². The Morgan fingerprint density at radius 1 is 0.400 bits per heavy atom. The summed E-state index contributed by atoms with van der Waals surface area (Å²) in [5, 5.41) is -5.17. The molecule has 232 valence electrons. The molecule has 50 heavy (non-hydrogen) atoms. The molecule has 1 aliphatic carbocycles. The Labute approximate surface area is 331 Å². The average Bonchev–Trinajstić information content (AvgIpc) is 3.95. The van der Waals surface area contributed by atoms with Gasteiger partial charge < -0.3 is 4.42 Å². The van der Waals surface area contributed by atoms with Crippen LogP contribution in [0.3, 0.4) is 0 Å². The van der Waals surface area contributed by atoms with Gasteiger partial charge >= 0.3 is 0 Å². The van der Waals surface area contributed by atoms with Gasteiger partial charge in [0, 0.05) is 18.9 Å². The van der Waals surface area contributed by atoms with Crippen molar-refractivity contribution < 1.29 is 45.5 Å². The van der Waals surface area contributed by atoms with Gasteiger partial charge in [-0.1, -0.05) is 157 Å². The van der Waals surface area contributed by atoms with Crippen molar-refractivity contribution >= 4 is 54.3 Å². The maximum Gasteiger partial charge on any atom is 0.143 e. The molecular formula is C49H30O. The second kappa shape index (κ2) is 10.5. The van der Waals surface area contributed by atoms with Gasteiger partial charge in [0.2, 0.25) is 0 Å². The van der Waals surface area contributed by atoms with Crippen molar-refractivity contribution in [3.8, 4) is 44.5 Å². The van der Waals surface area contributed by atoms with Gasteiger partial charge in [-0.25, -0.2) is 0 Å². The van der Waals surface area contributed by atoms with Crippen molar-refractivity contribution in [2.24, 2.45) is 0 Å². The molecule has 0 N–H and O–H groups in total. The van der Waals surface area contributed by atoms with Crippen LogP contribution in [-0.2, 0) is 6.37 Å². The van der Waals surface area contributed by atoms with Crippen LogP contribution in [0.1, 0.15) is 52.2 Å². The summed E-state index contributed by atoms with van der Waals surface area (Å²) in [5.41, 5.74) is -8.76. The third kappa shape index (κ3) is 3.89. The second-order valence-electron chi connectivity index (χ2n) is 11.1. The summed E-state index contributed by atoms with van der Waals surface area (Å²) in [6.45, 7) is 0. The van der Waals surface area contributed by atoms with Crippen molar-refractivity contribution in [2.45, 2.75) is 6.37 Å². The largest absolute Gasteiger partial charge is 0.455 e. The number of rotatable bonds is 3. The van der Waals surface area contributed by atoms with Crippen molar-refractivity contribution in [1.29, 1.82) is 0 Å². The fraction of sp³-hybridized carbons (Fsp3) is 0.0204. The molecule has 0 amide bonds. The Morgan fingerprint density at radius 2 is 0.980 bits per heavy atom. The number of hydrogen-bond donors (Lipinski definition) is 0. The molecule has 11 rings (SSSR count). The van der Waals surface area contributed by atoms with E-state index in [0.29, 0.717) is 0 Å². The molecule has 0 spiro atoms. The second-order valence-corrected chi connectivity index (χ2v) is 11.1. The lowest BCUT2D eigenvalue weighted by Crippen LogP contribution is -1.91. The van der Waals surface area contributed by atoms with Gasteiger partial charge in [0.05, 0.1) is 38.4 Å². The third-order valence-corrected chi connectivity index (χ3v) is 8.56. The van der Waals surface area contributed by atoms with Crippen molar-refractivity contribution in [1.82, 2.24) is 0 Å². The van der Waals surface area contributed by atoms with Crippen LogP contribution in [0.15, 0.2) is 174 Å². The fourth-order valence-corrected chi connectivity index (χ4v) is 6.50. The molecule has 0 radical (unpaired) electrons. The SMILES string of the molecule is [2H]c1c([2H])c([2H])c2c(c1[2H])-c1c(-c3c([2H])c([2H])c(-c4c5c([2H])c([2H])c([2H])c([2H])c5c(-c5c([2H])c([2H])c([2H])c6oc7c8c([2H])c([2H])c([2H])c([2H])c8c([2H])c([2H])c7c56)c5c([2H])c([2H])c([2H])c([2H])c45)c([2H])c3[2H])c([2H])c([2H])c([2H])c1C2([2H])[2H]. The zero-order chi connectivity index (χ0) is 58.9. The number of fused-ring (bicyclic) bond motifs is 10. The fourth-order valence-electron chi connectivity index (χ4n) is 6.50. The first kappa shape index (κ1) is 11.3. The normalized spacial score (nSPS) is 21.8. The highest BCUT2D eigenvalue weighted by Crippen LogP contribution is 2.48. The zero-order valence-corrected chi connectivity index (χ0v) is 24.9. The highest BCUT2D eigenvalue weighted by Gasteiger charge is 2.23. The van der Waals surface area contributed by atoms with Gasteiger partial charge in [0.25, 0.3) is 0 Å². The molecule has 1 heteroatoms. The molecule has 0 atom stereocenters. The van der Waals surface area contributed by atoms with Gasteiger partial charge in [-0.3, -0.25) is 0 Å². The molecule has 1 heterocycles. The average molecular weight is 665 g/mol. The number of furan rings is 1. The van der Waals surface area contributed by atoms with E-state index < -0.39 is 285 Å². The molecule has 1 nitrogen and oxygen atoms in total. The molecule has 9 aromatic carbocycles. The van der Waals surface area contributed by atoms with Crippen molar-refractivity contribution in [3.63, 3.8) is 0 Å². The molecule has 1 aromatic heterocycles. The molecule has 0 fully saturated rings. The lowest BCUT2D eigenvalue weighted by molar-refractivity contribution is 0.673. The number of benzene rings is 9. The quantitative estimate of drug-likeness (QED) is 0.171. The molecule has 0 bridgehead atoms. The van der Waals surface area contributed by atoms with Crippen LogP contribution in [0.25, 0.3) is 98.8 Å². The Balaban J connectivity index is 1.38. The predicted octanol–water partition coefficient (Wildman–Crippen LogP) is 13.6. The molecular weight excluding hydrogens is 605 g/mol. The maximum atomic E-state index is 9.73. The van der Waals surface area contributed by atoms with Crippen LogP contribution >= 0.6 is 0 Å². The number of hydrogen-bond acceptors (Lipinski definition) is 1. The van der Waals surface area contributed by atoms with Crippen molar-refractivity contribution in [3.05, 3.63) is 180 Å². The molecule has 0 aliphatic heterocycles. The summed E-state index contributed by atoms with van der Waals surface area (Å²) < 4.78 is 279. The highest BCUT2D eigenvalue weighted by molar-refractivity contribution is 6.27. The van der Waals surface area contributed by atoms with Crippen molar-refractivity contribution in [2.75, 3.05) is 0 Å². The van der Waals surface area contributed by atoms with Crippen LogP contribution in [0.4, 0.5) is 0 Å². The van der Waals surface area contributed by atoms with E-state index >= 15 is 0 Å². The Kier molecular flexibility index (Phi) is 2.38. The first-order chi connectivity index (χ1) is 37.2. The summed E-state index contributed by atoms with van der Waals surface area (Å²) in [6.07, 6.45) is -2.98. The molecule has 0 saturated heterocycles. The van der Waals surface area contributed by atoms with Gasteiger partial charge in [0.15, 0.2) is 0 Å². The summed E-state index contributed by atoms with van der Waals surface area (Å²) in [5.74, 6) is 0. The molecule has 0 saturated carbocycles. The third-order valence-electron chi connectivity index (χ3n) is 8.56. The van der Waals surface area contributed by atoms with E-state index in [9.17, 15) is 13.7 Å². The molecule has 0 unspecified atom stereocenters. The molecule has 10 aromatic rings. The summed E-state index contributed by atoms with van der Waals surface area (Å²) in [6, 6.07) is -26.9.